The van der Waals surface area contributed by atoms with E-state index in [9.17, 15) is 9.59 Å². The van der Waals surface area contributed by atoms with Crippen LogP contribution >= 0.6 is 0 Å². The molecule has 0 aliphatic heterocycles. The summed E-state index contributed by atoms with van der Waals surface area (Å²) in [6.07, 6.45) is 5.11. The quantitative estimate of drug-likeness (QED) is 0.773. The minimum absolute atomic E-state index is 0.0510. The molecule has 1 aromatic carbocycles. The summed E-state index contributed by atoms with van der Waals surface area (Å²) in [6.45, 7) is 3.85. The number of benzene rings is 1. The molecule has 2 N–H and O–H groups in total. The van der Waals surface area contributed by atoms with Crippen LogP contribution in [0.1, 0.15) is 24.2 Å². The van der Waals surface area contributed by atoms with Crippen molar-refractivity contribution in [3.05, 3.63) is 29.8 Å². The Hall–Kier alpha value is -2.48. The first-order chi connectivity index (χ1) is 9.99. The molecule has 5 nitrogen and oxygen atoms in total. The number of hydrogen-bond donors (Lipinski definition) is 2. The van der Waals surface area contributed by atoms with Crippen LogP contribution in [0.25, 0.3) is 0 Å². The van der Waals surface area contributed by atoms with E-state index < -0.39 is 6.04 Å². The SMILES string of the molecule is C#CCNC(=O)C(NC(=O)c1ccc(OC)cc1)C(C)C. The highest BCUT2D eigenvalue weighted by Crippen LogP contribution is 2.12. The number of ether oxygens (including phenoxy) is 1. The number of rotatable bonds is 6. The molecular weight excluding hydrogens is 268 g/mol. The fourth-order valence-electron chi connectivity index (χ4n) is 1.75. The highest BCUT2D eigenvalue weighted by atomic mass is 16.5. The number of nitrogens with one attached hydrogen (secondary N) is 2. The standard InChI is InChI=1S/C16H20N2O3/c1-5-10-17-16(20)14(11(2)3)18-15(19)12-6-8-13(21-4)9-7-12/h1,6-9,11,14H,10H2,2-4H3,(H,17,20)(H,18,19). The molecule has 0 radical (unpaired) electrons. The number of amides is 2. The molecule has 0 spiro atoms. The molecule has 0 aliphatic carbocycles. The molecule has 5 heteroatoms. The van der Waals surface area contributed by atoms with E-state index in [4.69, 9.17) is 11.2 Å². The van der Waals surface area contributed by atoms with E-state index in [2.05, 4.69) is 16.6 Å². The van der Waals surface area contributed by atoms with Gasteiger partial charge in [0.25, 0.3) is 5.91 Å². The van der Waals surface area contributed by atoms with Gasteiger partial charge in [0.2, 0.25) is 5.91 Å². The van der Waals surface area contributed by atoms with Crippen molar-refractivity contribution in [2.45, 2.75) is 19.9 Å². The Labute approximate surface area is 125 Å². The first kappa shape index (κ1) is 16.6. The van der Waals surface area contributed by atoms with Crippen molar-refractivity contribution in [1.82, 2.24) is 10.6 Å². The van der Waals surface area contributed by atoms with Crippen molar-refractivity contribution >= 4 is 11.8 Å². The van der Waals surface area contributed by atoms with E-state index in [1.807, 2.05) is 13.8 Å². The smallest absolute Gasteiger partial charge is 0.251 e. The van der Waals surface area contributed by atoms with Gasteiger partial charge in [-0.25, -0.2) is 0 Å². The van der Waals surface area contributed by atoms with Crippen LogP contribution in [0.3, 0.4) is 0 Å². The van der Waals surface area contributed by atoms with Crippen LogP contribution in [0.5, 0.6) is 5.75 Å². The zero-order valence-corrected chi connectivity index (χ0v) is 12.5. The maximum absolute atomic E-state index is 12.2. The molecule has 0 heterocycles. The van der Waals surface area contributed by atoms with E-state index in [0.717, 1.165) is 0 Å². The molecule has 0 aromatic heterocycles. The molecule has 0 saturated heterocycles. The Bertz CT molecular complexity index is 529. The second kappa shape index (κ2) is 7.95. The lowest BCUT2D eigenvalue weighted by molar-refractivity contribution is -0.123. The van der Waals surface area contributed by atoms with Crippen LogP contribution in [0.4, 0.5) is 0 Å². The van der Waals surface area contributed by atoms with Crippen molar-refractivity contribution in [2.24, 2.45) is 5.92 Å². The van der Waals surface area contributed by atoms with E-state index in [-0.39, 0.29) is 24.3 Å². The van der Waals surface area contributed by atoms with Gasteiger partial charge in [0.05, 0.1) is 13.7 Å². The van der Waals surface area contributed by atoms with Crippen LogP contribution in [-0.2, 0) is 4.79 Å². The predicted molar refractivity (Wildman–Crippen MR) is 80.9 cm³/mol. The van der Waals surface area contributed by atoms with E-state index in [1.165, 1.54) is 0 Å². The van der Waals surface area contributed by atoms with Crippen LogP contribution in [-0.4, -0.2) is 31.5 Å². The number of hydrogen-bond acceptors (Lipinski definition) is 3. The first-order valence-corrected chi connectivity index (χ1v) is 6.65. The Balaban J connectivity index is 2.76. The minimum Gasteiger partial charge on any atom is -0.497 e. The first-order valence-electron chi connectivity index (χ1n) is 6.65. The van der Waals surface area contributed by atoms with Crippen molar-refractivity contribution in [3.8, 4) is 18.1 Å². The molecular formula is C16H20N2O3. The third-order valence-corrected chi connectivity index (χ3v) is 2.95. The average Bonchev–Trinajstić information content (AvgIpc) is 2.49. The summed E-state index contributed by atoms with van der Waals surface area (Å²) >= 11 is 0. The minimum atomic E-state index is -0.632. The molecule has 2 amide bonds. The van der Waals surface area contributed by atoms with Gasteiger partial charge in [0.1, 0.15) is 11.8 Å². The molecule has 0 bridgehead atoms. The highest BCUT2D eigenvalue weighted by molar-refractivity contribution is 5.97. The van der Waals surface area contributed by atoms with E-state index >= 15 is 0 Å². The van der Waals surface area contributed by atoms with Crippen LogP contribution in [0.15, 0.2) is 24.3 Å². The lowest BCUT2D eigenvalue weighted by Crippen LogP contribution is -2.49. The summed E-state index contributed by atoms with van der Waals surface area (Å²) in [6, 6.07) is 6.04. The van der Waals surface area contributed by atoms with Crippen LogP contribution < -0.4 is 15.4 Å². The molecule has 0 aliphatic rings. The Morgan fingerprint density at radius 2 is 1.90 bits per heavy atom. The zero-order chi connectivity index (χ0) is 15.8. The molecule has 21 heavy (non-hydrogen) atoms. The van der Waals surface area contributed by atoms with Crippen molar-refractivity contribution in [1.29, 1.82) is 0 Å². The maximum Gasteiger partial charge on any atom is 0.251 e. The Morgan fingerprint density at radius 1 is 1.29 bits per heavy atom. The monoisotopic (exact) mass is 288 g/mol. The molecule has 0 saturated carbocycles. The fraction of sp³-hybridized carbons (Fsp3) is 0.375. The van der Waals surface area contributed by atoms with Gasteiger partial charge in [-0.15, -0.1) is 6.42 Å². The fourth-order valence-corrected chi connectivity index (χ4v) is 1.75. The van der Waals surface area contributed by atoms with Gasteiger partial charge < -0.3 is 15.4 Å². The number of carbonyl (C=O) groups excluding carboxylic acids is 2. The van der Waals surface area contributed by atoms with Gasteiger partial charge in [0.15, 0.2) is 0 Å². The summed E-state index contributed by atoms with van der Waals surface area (Å²) in [5, 5.41) is 5.30. The van der Waals surface area contributed by atoms with E-state index in [0.29, 0.717) is 11.3 Å². The third kappa shape index (κ3) is 4.84. The Kier molecular flexibility index (Phi) is 6.28. The van der Waals surface area contributed by atoms with Gasteiger partial charge in [0, 0.05) is 5.56 Å². The van der Waals surface area contributed by atoms with Crippen molar-refractivity contribution in [3.63, 3.8) is 0 Å². The van der Waals surface area contributed by atoms with Gasteiger partial charge in [-0.2, -0.15) is 0 Å². The van der Waals surface area contributed by atoms with Gasteiger partial charge in [-0.3, -0.25) is 9.59 Å². The normalized spacial score (nSPS) is 11.4. The van der Waals surface area contributed by atoms with Gasteiger partial charge >= 0.3 is 0 Å². The summed E-state index contributed by atoms with van der Waals surface area (Å²) in [5.74, 6) is 2.35. The van der Waals surface area contributed by atoms with Gasteiger partial charge in [-0.1, -0.05) is 19.8 Å². The molecule has 1 aromatic rings. The van der Waals surface area contributed by atoms with Crippen LogP contribution in [0.2, 0.25) is 0 Å². The summed E-state index contributed by atoms with van der Waals surface area (Å²) in [5.41, 5.74) is 0.464. The summed E-state index contributed by atoms with van der Waals surface area (Å²) in [7, 11) is 1.56. The second-order valence-electron chi connectivity index (χ2n) is 4.85. The second-order valence-corrected chi connectivity index (χ2v) is 4.85. The van der Waals surface area contributed by atoms with Crippen molar-refractivity contribution < 1.29 is 14.3 Å². The lowest BCUT2D eigenvalue weighted by Gasteiger charge is -2.21. The number of methoxy groups -OCH3 is 1. The number of terminal acetylenes is 1. The van der Waals surface area contributed by atoms with Crippen molar-refractivity contribution in [2.75, 3.05) is 13.7 Å². The summed E-state index contributed by atoms with van der Waals surface area (Å²) in [4.78, 5) is 24.1. The largest absolute Gasteiger partial charge is 0.497 e. The molecule has 1 unspecified atom stereocenters. The number of carbonyl (C=O) groups is 2. The molecule has 1 atom stereocenters. The topological polar surface area (TPSA) is 67.4 Å². The lowest BCUT2D eigenvalue weighted by atomic mass is 10.0. The average molecular weight is 288 g/mol. The maximum atomic E-state index is 12.2. The summed E-state index contributed by atoms with van der Waals surface area (Å²) < 4.78 is 5.04. The third-order valence-electron chi connectivity index (χ3n) is 2.95. The van der Waals surface area contributed by atoms with E-state index in [1.54, 1.807) is 31.4 Å². The van der Waals surface area contributed by atoms with Crippen LogP contribution in [0, 0.1) is 18.3 Å². The molecule has 112 valence electrons. The zero-order valence-electron chi connectivity index (χ0n) is 12.5. The Morgan fingerprint density at radius 3 is 2.38 bits per heavy atom. The molecule has 1 rings (SSSR count). The van der Waals surface area contributed by atoms with Gasteiger partial charge in [-0.05, 0) is 30.2 Å². The highest BCUT2D eigenvalue weighted by Gasteiger charge is 2.24. The molecule has 0 fully saturated rings. The predicted octanol–water partition coefficient (Wildman–Crippen LogP) is 1.20.